The van der Waals surface area contributed by atoms with Crippen molar-refractivity contribution in [3.63, 3.8) is 0 Å². The van der Waals surface area contributed by atoms with E-state index in [1.165, 1.54) is 11.9 Å². The third kappa shape index (κ3) is 4.42. The second kappa shape index (κ2) is 7.86. The van der Waals surface area contributed by atoms with E-state index in [1.54, 1.807) is 24.3 Å². The number of urea groups is 1. The Labute approximate surface area is 111 Å². The first-order valence-electron chi connectivity index (χ1n) is 5.82. The Morgan fingerprint density at radius 3 is 2.47 bits per heavy atom. The van der Waals surface area contributed by atoms with Crippen molar-refractivity contribution in [2.75, 3.05) is 25.1 Å². The SMILES string of the molecule is CNC(=O)N(CCC=O)c1ccc(OCC=O)cc1. The van der Waals surface area contributed by atoms with Gasteiger partial charge in [0.05, 0.1) is 0 Å². The van der Waals surface area contributed by atoms with Gasteiger partial charge in [-0.3, -0.25) is 9.69 Å². The Bertz CT molecular complexity index is 431. The van der Waals surface area contributed by atoms with Gasteiger partial charge in [-0.2, -0.15) is 0 Å². The summed E-state index contributed by atoms with van der Waals surface area (Å²) >= 11 is 0. The van der Waals surface area contributed by atoms with Crippen molar-refractivity contribution >= 4 is 24.3 Å². The van der Waals surface area contributed by atoms with Crippen LogP contribution in [0.15, 0.2) is 24.3 Å². The molecule has 1 rings (SSSR count). The van der Waals surface area contributed by atoms with Gasteiger partial charge in [0.15, 0.2) is 6.29 Å². The van der Waals surface area contributed by atoms with E-state index in [1.807, 2.05) is 0 Å². The van der Waals surface area contributed by atoms with E-state index in [9.17, 15) is 14.4 Å². The van der Waals surface area contributed by atoms with Gasteiger partial charge in [0.25, 0.3) is 0 Å². The van der Waals surface area contributed by atoms with Crippen LogP contribution in [0.25, 0.3) is 0 Å². The van der Waals surface area contributed by atoms with Crippen LogP contribution in [-0.2, 0) is 9.59 Å². The summed E-state index contributed by atoms with van der Waals surface area (Å²) in [6.07, 6.45) is 1.68. The topological polar surface area (TPSA) is 75.7 Å². The molecule has 6 nitrogen and oxygen atoms in total. The maximum atomic E-state index is 11.7. The fourth-order valence-electron chi connectivity index (χ4n) is 1.52. The highest BCUT2D eigenvalue weighted by molar-refractivity contribution is 5.92. The number of hydrogen-bond acceptors (Lipinski definition) is 4. The first-order valence-corrected chi connectivity index (χ1v) is 5.82. The molecule has 0 aliphatic rings. The number of anilines is 1. The smallest absolute Gasteiger partial charge is 0.321 e. The molecule has 102 valence electrons. The van der Waals surface area contributed by atoms with Gasteiger partial charge in [0.1, 0.15) is 18.6 Å². The van der Waals surface area contributed by atoms with Crippen LogP contribution in [0.1, 0.15) is 6.42 Å². The highest BCUT2D eigenvalue weighted by Crippen LogP contribution is 2.19. The molecule has 19 heavy (non-hydrogen) atoms. The van der Waals surface area contributed by atoms with Crippen molar-refractivity contribution in [3.05, 3.63) is 24.3 Å². The number of amides is 2. The third-order valence-electron chi connectivity index (χ3n) is 2.40. The van der Waals surface area contributed by atoms with Gasteiger partial charge in [-0.05, 0) is 24.3 Å². The van der Waals surface area contributed by atoms with Crippen molar-refractivity contribution in [3.8, 4) is 5.75 Å². The molecule has 1 N–H and O–H groups in total. The molecule has 0 saturated carbocycles. The monoisotopic (exact) mass is 264 g/mol. The highest BCUT2D eigenvalue weighted by atomic mass is 16.5. The third-order valence-corrected chi connectivity index (χ3v) is 2.40. The largest absolute Gasteiger partial charge is 0.486 e. The van der Waals surface area contributed by atoms with E-state index in [0.717, 1.165) is 6.29 Å². The number of benzene rings is 1. The van der Waals surface area contributed by atoms with Gasteiger partial charge in [0, 0.05) is 25.7 Å². The van der Waals surface area contributed by atoms with Gasteiger partial charge < -0.3 is 14.8 Å². The lowest BCUT2D eigenvalue weighted by Crippen LogP contribution is -2.38. The molecule has 0 unspecified atom stereocenters. The average Bonchev–Trinajstić information content (AvgIpc) is 2.46. The van der Waals surface area contributed by atoms with E-state index in [2.05, 4.69) is 5.32 Å². The minimum Gasteiger partial charge on any atom is -0.486 e. The average molecular weight is 264 g/mol. The Balaban J connectivity index is 2.80. The molecule has 0 radical (unpaired) electrons. The van der Waals surface area contributed by atoms with Crippen LogP contribution in [-0.4, -0.2) is 38.8 Å². The van der Waals surface area contributed by atoms with E-state index < -0.39 is 0 Å². The molecule has 0 bridgehead atoms. The summed E-state index contributed by atoms with van der Waals surface area (Å²) in [6, 6.07) is 6.43. The van der Waals surface area contributed by atoms with Crippen molar-refractivity contribution in [1.29, 1.82) is 0 Å². The number of aldehydes is 2. The minimum absolute atomic E-state index is 0.0103. The van der Waals surface area contributed by atoms with E-state index >= 15 is 0 Å². The number of nitrogens with one attached hydrogen (secondary N) is 1. The fourth-order valence-corrected chi connectivity index (χ4v) is 1.52. The molecule has 1 aromatic rings. The van der Waals surface area contributed by atoms with Crippen molar-refractivity contribution in [2.45, 2.75) is 6.42 Å². The van der Waals surface area contributed by atoms with E-state index in [0.29, 0.717) is 24.3 Å². The van der Waals surface area contributed by atoms with Crippen LogP contribution in [0.3, 0.4) is 0 Å². The van der Waals surface area contributed by atoms with Gasteiger partial charge in [-0.25, -0.2) is 4.79 Å². The molecular weight excluding hydrogens is 248 g/mol. The molecule has 0 spiro atoms. The predicted octanol–water partition coefficient (Wildman–Crippen LogP) is 0.999. The van der Waals surface area contributed by atoms with Crippen molar-refractivity contribution in [2.24, 2.45) is 0 Å². The lowest BCUT2D eigenvalue weighted by Gasteiger charge is -2.21. The van der Waals surface area contributed by atoms with Gasteiger partial charge >= 0.3 is 6.03 Å². The number of nitrogens with zero attached hydrogens (tertiary/aromatic N) is 1. The number of carbonyl (C=O) groups is 3. The zero-order valence-corrected chi connectivity index (χ0v) is 10.7. The highest BCUT2D eigenvalue weighted by Gasteiger charge is 2.13. The standard InChI is InChI=1S/C13H16N2O4/c1-14-13(18)15(7-2-8-16)11-3-5-12(6-4-11)19-10-9-17/h3-6,8-9H,2,7,10H2,1H3,(H,14,18). The van der Waals surface area contributed by atoms with Gasteiger partial charge in [0.2, 0.25) is 0 Å². The van der Waals surface area contributed by atoms with Crippen molar-refractivity contribution < 1.29 is 19.1 Å². The molecule has 1 aromatic carbocycles. The Hall–Kier alpha value is -2.37. The normalized spacial score (nSPS) is 9.53. The summed E-state index contributed by atoms with van der Waals surface area (Å²) in [7, 11) is 1.53. The first kappa shape index (κ1) is 14.7. The molecular formula is C13H16N2O4. The quantitative estimate of drug-likeness (QED) is 0.745. The molecule has 0 aliphatic carbocycles. The summed E-state index contributed by atoms with van der Waals surface area (Å²) < 4.78 is 5.11. The van der Waals surface area contributed by atoms with E-state index in [4.69, 9.17) is 4.74 Å². The van der Waals surface area contributed by atoms with Crippen LogP contribution < -0.4 is 15.0 Å². The lowest BCUT2D eigenvalue weighted by atomic mass is 10.2. The van der Waals surface area contributed by atoms with Crippen LogP contribution in [0, 0.1) is 0 Å². The number of carbonyl (C=O) groups excluding carboxylic acids is 3. The maximum absolute atomic E-state index is 11.7. The molecule has 0 saturated heterocycles. The molecule has 0 fully saturated rings. The summed E-state index contributed by atoms with van der Waals surface area (Å²) in [4.78, 5) is 33.7. The van der Waals surface area contributed by atoms with Gasteiger partial charge in [-0.1, -0.05) is 0 Å². The second-order valence-electron chi connectivity index (χ2n) is 3.63. The van der Waals surface area contributed by atoms with Gasteiger partial charge in [-0.15, -0.1) is 0 Å². The predicted molar refractivity (Wildman–Crippen MR) is 70.5 cm³/mol. The summed E-state index contributed by atoms with van der Waals surface area (Å²) in [5, 5.41) is 2.51. The van der Waals surface area contributed by atoms with E-state index in [-0.39, 0.29) is 19.1 Å². The minimum atomic E-state index is -0.289. The summed E-state index contributed by atoms with van der Waals surface area (Å²) in [5.41, 5.74) is 0.652. The van der Waals surface area contributed by atoms with Crippen LogP contribution in [0.2, 0.25) is 0 Å². The maximum Gasteiger partial charge on any atom is 0.321 e. The molecule has 2 amide bonds. The number of hydrogen-bond donors (Lipinski definition) is 1. The second-order valence-corrected chi connectivity index (χ2v) is 3.63. The molecule has 0 aromatic heterocycles. The van der Waals surface area contributed by atoms with Crippen LogP contribution >= 0.6 is 0 Å². The van der Waals surface area contributed by atoms with Crippen LogP contribution in [0.4, 0.5) is 10.5 Å². The Morgan fingerprint density at radius 2 is 1.95 bits per heavy atom. The molecule has 0 heterocycles. The Kier molecular flexibility index (Phi) is 6.08. The van der Waals surface area contributed by atoms with Crippen LogP contribution in [0.5, 0.6) is 5.75 Å². The summed E-state index contributed by atoms with van der Waals surface area (Å²) in [5.74, 6) is 0.545. The molecule has 0 aliphatic heterocycles. The first-order chi connectivity index (χ1) is 9.22. The van der Waals surface area contributed by atoms with Crippen molar-refractivity contribution in [1.82, 2.24) is 5.32 Å². The summed E-state index contributed by atoms with van der Waals surface area (Å²) in [6.45, 7) is 0.293. The fraction of sp³-hybridized carbons (Fsp3) is 0.308. The number of ether oxygens (including phenoxy) is 1. The lowest BCUT2D eigenvalue weighted by molar-refractivity contribution is -0.109. The zero-order chi connectivity index (χ0) is 14.1. The Morgan fingerprint density at radius 1 is 1.26 bits per heavy atom. The molecule has 6 heteroatoms. The number of rotatable bonds is 7. The zero-order valence-electron chi connectivity index (χ0n) is 10.7. The molecule has 0 atom stereocenters.